The van der Waals surface area contributed by atoms with Crippen LogP contribution in [0, 0.1) is 0 Å². The summed E-state index contributed by atoms with van der Waals surface area (Å²) < 4.78 is 7.64. The highest BCUT2D eigenvalue weighted by atomic mass is 16.5. The molecule has 214 valence electrons. The third-order valence-electron chi connectivity index (χ3n) is 7.83. The second kappa shape index (κ2) is 11.5. The summed E-state index contributed by atoms with van der Waals surface area (Å²) in [5, 5.41) is 12.1. The molecule has 42 heavy (non-hydrogen) atoms. The van der Waals surface area contributed by atoms with Gasteiger partial charge in [0.2, 0.25) is 11.9 Å². The lowest BCUT2D eigenvalue weighted by atomic mass is 10.0. The van der Waals surface area contributed by atoms with Gasteiger partial charge < -0.3 is 25.2 Å². The van der Waals surface area contributed by atoms with Crippen molar-refractivity contribution in [3.05, 3.63) is 79.6 Å². The molecule has 6 rings (SSSR count). The third kappa shape index (κ3) is 5.36. The van der Waals surface area contributed by atoms with Crippen molar-refractivity contribution < 1.29 is 9.53 Å². The van der Waals surface area contributed by atoms with Gasteiger partial charge in [-0.05, 0) is 63.3 Å². The number of carbonyl (C=O) groups excluding carboxylic acids is 1. The average Bonchev–Trinajstić information content (AvgIpc) is 3.44. The molecule has 1 fully saturated rings. The molecule has 0 bridgehead atoms. The van der Waals surface area contributed by atoms with Crippen molar-refractivity contribution >= 4 is 45.3 Å². The number of methoxy groups -OCH3 is 1. The predicted molar refractivity (Wildman–Crippen MR) is 168 cm³/mol. The highest BCUT2D eigenvalue weighted by Gasteiger charge is 2.24. The van der Waals surface area contributed by atoms with E-state index >= 15 is 0 Å². The number of nitrogens with zero attached hydrogens (tertiary/aromatic N) is 6. The van der Waals surface area contributed by atoms with E-state index in [1.807, 2.05) is 59.2 Å². The van der Waals surface area contributed by atoms with Crippen molar-refractivity contribution in [1.82, 2.24) is 24.5 Å². The predicted octanol–water partition coefficient (Wildman–Crippen LogP) is 5.35. The Bertz CT molecular complexity index is 1770. The van der Waals surface area contributed by atoms with Crippen LogP contribution in [-0.2, 0) is 4.79 Å². The van der Waals surface area contributed by atoms with Gasteiger partial charge in [0.15, 0.2) is 0 Å². The fourth-order valence-electron chi connectivity index (χ4n) is 5.51. The Morgan fingerprint density at radius 3 is 2.62 bits per heavy atom. The first kappa shape index (κ1) is 27.2. The summed E-state index contributed by atoms with van der Waals surface area (Å²) in [5.74, 6) is 0.716. The maximum Gasteiger partial charge on any atom is 0.247 e. The SMILES string of the molecule is C=CC(=O)Nc1cc(Nc2ncc3ccc(-c4cnc5ccccc5c4)n3n2)c(OC)cc1N1CCC(N(C)C)CC1. The van der Waals surface area contributed by atoms with Crippen molar-refractivity contribution in [1.29, 1.82) is 0 Å². The van der Waals surface area contributed by atoms with Gasteiger partial charge in [-0.25, -0.2) is 9.50 Å². The van der Waals surface area contributed by atoms with Gasteiger partial charge in [0.25, 0.3) is 0 Å². The smallest absolute Gasteiger partial charge is 0.247 e. The van der Waals surface area contributed by atoms with E-state index in [1.165, 1.54) is 6.08 Å². The molecule has 1 aliphatic heterocycles. The second-order valence-corrected chi connectivity index (χ2v) is 10.6. The molecule has 0 aliphatic carbocycles. The maximum atomic E-state index is 12.4. The molecular weight excluding hydrogens is 528 g/mol. The summed E-state index contributed by atoms with van der Waals surface area (Å²) in [6.07, 6.45) is 6.96. The van der Waals surface area contributed by atoms with Crippen LogP contribution in [0.15, 0.2) is 79.6 Å². The summed E-state index contributed by atoms with van der Waals surface area (Å²) in [4.78, 5) is 26.1. The molecule has 0 radical (unpaired) electrons. The van der Waals surface area contributed by atoms with Crippen molar-refractivity contribution in [2.75, 3.05) is 49.8 Å². The Morgan fingerprint density at radius 2 is 1.86 bits per heavy atom. The quantitative estimate of drug-likeness (QED) is 0.244. The summed E-state index contributed by atoms with van der Waals surface area (Å²) in [5.41, 5.74) is 5.84. The van der Waals surface area contributed by atoms with Crippen molar-refractivity contribution in [2.45, 2.75) is 18.9 Å². The Labute approximate surface area is 244 Å². The molecular formula is C32H34N8O2. The largest absolute Gasteiger partial charge is 0.494 e. The summed E-state index contributed by atoms with van der Waals surface area (Å²) >= 11 is 0. The van der Waals surface area contributed by atoms with E-state index in [4.69, 9.17) is 9.84 Å². The van der Waals surface area contributed by atoms with Gasteiger partial charge in [-0.2, -0.15) is 0 Å². The fourth-order valence-corrected chi connectivity index (χ4v) is 5.51. The van der Waals surface area contributed by atoms with Gasteiger partial charge >= 0.3 is 0 Å². The average molecular weight is 563 g/mol. The molecule has 2 aromatic carbocycles. The molecule has 0 unspecified atom stereocenters. The summed E-state index contributed by atoms with van der Waals surface area (Å²) in [6, 6.07) is 18.5. The minimum Gasteiger partial charge on any atom is -0.494 e. The third-order valence-corrected chi connectivity index (χ3v) is 7.83. The number of hydrogen-bond acceptors (Lipinski definition) is 8. The fraction of sp³-hybridized carbons (Fsp3) is 0.250. The minimum absolute atomic E-state index is 0.283. The van der Waals surface area contributed by atoms with Crippen molar-refractivity contribution in [3.8, 4) is 17.0 Å². The first-order valence-electron chi connectivity index (χ1n) is 14.0. The van der Waals surface area contributed by atoms with E-state index in [-0.39, 0.29) is 5.91 Å². The minimum atomic E-state index is -0.283. The number of para-hydroxylation sites is 1. The number of amides is 1. The van der Waals surface area contributed by atoms with Gasteiger partial charge in [0.1, 0.15) is 5.75 Å². The highest BCUT2D eigenvalue weighted by Crippen LogP contribution is 2.39. The molecule has 0 saturated carbocycles. The molecule has 10 heteroatoms. The van der Waals surface area contributed by atoms with Crippen LogP contribution >= 0.6 is 0 Å². The number of pyridine rings is 1. The number of nitrogens with one attached hydrogen (secondary N) is 2. The Balaban J connectivity index is 1.34. The first-order valence-corrected chi connectivity index (χ1v) is 14.0. The van der Waals surface area contributed by atoms with Gasteiger partial charge in [-0.1, -0.05) is 24.8 Å². The lowest BCUT2D eigenvalue weighted by Gasteiger charge is -2.37. The summed E-state index contributed by atoms with van der Waals surface area (Å²) in [7, 11) is 5.87. The maximum absolute atomic E-state index is 12.4. The van der Waals surface area contributed by atoms with E-state index in [9.17, 15) is 4.79 Å². The van der Waals surface area contributed by atoms with Crippen LogP contribution in [0.25, 0.3) is 27.7 Å². The van der Waals surface area contributed by atoms with E-state index in [0.29, 0.717) is 29.1 Å². The molecule has 3 aromatic heterocycles. The topological polar surface area (TPSA) is 99.9 Å². The lowest BCUT2D eigenvalue weighted by Crippen LogP contribution is -2.42. The van der Waals surface area contributed by atoms with E-state index in [1.54, 1.807) is 13.3 Å². The van der Waals surface area contributed by atoms with Crippen molar-refractivity contribution in [3.63, 3.8) is 0 Å². The monoisotopic (exact) mass is 562 g/mol. The first-order chi connectivity index (χ1) is 20.4. The molecule has 5 aromatic rings. The lowest BCUT2D eigenvalue weighted by molar-refractivity contribution is -0.111. The van der Waals surface area contributed by atoms with Crippen LogP contribution in [0.2, 0.25) is 0 Å². The Hall–Kier alpha value is -4.96. The van der Waals surface area contributed by atoms with E-state index in [0.717, 1.165) is 59.3 Å². The molecule has 1 amide bonds. The molecule has 2 N–H and O–H groups in total. The number of carbonyl (C=O) groups is 1. The normalized spacial score (nSPS) is 14.0. The van der Waals surface area contributed by atoms with Crippen LogP contribution in [0.1, 0.15) is 12.8 Å². The number of ether oxygens (including phenoxy) is 1. The number of piperidine rings is 1. The van der Waals surface area contributed by atoms with Gasteiger partial charge in [0, 0.05) is 42.3 Å². The van der Waals surface area contributed by atoms with Crippen LogP contribution < -0.4 is 20.3 Å². The second-order valence-electron chi connectivity index (χ2n) is 10.6. The number of aromatic nitrogens is 4. The number of anilines is 4. The molecule has 10 nitrogen and oxygen atoms in total. The van der Waals surface area contributed by atoms with Crippen LogP contribution in [0.3, 0.4) is 0 Å². The van der Waals surface area contributed by atoms with Crippen LogP contribution in [-0.4, -0.2) is 70.7 Å². The van der Waals surface area contributed by atoms with E-state index < -0.39 is 0 Å². The van der Waals surface area contributed by atoms with Gasteiger partial charge in [-0.3, -0.25) is 9.78 Å². The molecule has 1 saturated heterocycles. The summed E-state index contributed by atoms with van der Waals surface area (Å²) in [6.45, 7) is 5.37. The molecule has 0 atom stereocenters. The molecule has 1 aliphatic rings. The zero-order chi connectivity index (χ0) is 29.2. The van der Waals surface area contributed by atoms with Gasteiger partial charge in [-0.15, -0.1) is 5.10 Å². The van der Waals surface area contributed by atoms with Crippen LogP contribution in [0.4, 0.5) is 23.0 Å². The Morgan fingerprint density at radius 1 is 1.05 bits per heavy atom. The van der Waals surface area contributed by atoms with Crippen LogP contribution in [0.5, 0.6) is 5.75 Å². The van der Waals surface area contributed by atoms with Gasteiger partial charge in [0.05, 0.1) is 47.1 Å². The molecule has 0 spiro atoms. The highest BCUT2D eigenvalue weighted by molar-refractivity contribution is 6.02. The number of rotatable bonds is 8. The number of fused-ring (bicyclic) bond motifs is 2. The number of benzene rings is 2. The Kier molecular flexibility index (Phi) is 7.45. The zero-order valence-electron chi connectivity index (χ0n) is 24.0. The van der Waals surface area contributed by atoms with Crippen molar-refractivity contribution in [2.24, 2.45) is 0 Å². The molecule has 4 heterocycles. The number of hydrogen-bond donors (Lipinski definition) is 2. The van der Waals surface area contributed by atoms with E-state index in [2.05, 4.69) is 57.1 Å². The standard InChI is InChI=1S/C32H34N8O2/c1-5-31(41)35-26-17-27(30(42-4)18-29(26)39-14-12-23(13-15-39)38(2)3)36-32-34-20-24-10-11-28(40(24)37-32)22-16-21-8-6-7-9-25(21)33-19-22/h5-11,16-20,23H,1,12-15H2,2-4H3,(H,35,41)(H,36,37). The zero-order valence-corrected chi connectivity index (χ0v) is 24.0.